The van der Waals surface area contributed by atoms with Crippen molar-refractivity contribution in [1.29, 1.82) is 0 Å². The molecule has 0 aliphatic heterocycles. The van der Waals surface area contributed by atoms with Crippen molar-refractivity contribution in [1.82, 2.24) is 9.97 Å². The molecule has 0 N–H and O–H groups in total. The first-order chi connectivity index (χ1) is 7.75. The van der Waals surface area contributed by atoms with Crippen LogP contribution in [0, 0.1) is 0 Å². The van der Waals surface area contributed by atoms with E-state index in [1.54, 1.807) is 24.0 Å². The number of hydrogen-bond acceptors (Lipinski definition) is 3. The van der Waals surface area contributed by atoms with Crippen LogP contribution in [0.25, 0.3) is 0 Å². The van der Waals surface area contributed by atoms with E-state index in [1.807, 2.05) is 24.3 Å². The molecule has 0 atom stereocenters. The molecule has 0 amide bonds. The summed E-state index contributed by atoms with van der Waals surface area (Å²) in [7, 11) is 0. The Labute approximate surface area is 108 Å². The lowest BCUT2D eigenvalue weighted by molar-refractivity contribution is 1.13. The second-order valence-corrected chi connectivity index (χ2v) is 4.78. The molecule has 0 aliphatic carbocycles. The zero-order chi connectivity index (χ0) is 11.4. The number of rotatable bonds is 3. The molecule has 5 heteroatoms. The molecule has 2 aromatic rings. The Bertz CT molecular complexity index is 477. The average molecular weight is 271 g/mol. The lowest BCUT2D eigenvalue weighted by atomic mass is 10.3. The van der Waals surface area contributed by atoms with Gasteiger partial charge in [-0.1, -0.05) is 35.3 Å². The van der Waals surface area contributed by atoms with Crippen LogP contribution in [-0.2, 0) is 5.75 Å². The van der Waals surface area contributed by atoms with E-state index in [1.165, 1.54) is 0 Å². The fraction of sp³-hybridized carbons (Fsp3) is 0.0909. The number of aromatic nitrogens is 2. The number of nitrogens with zero attached hydrogens (tertiary/aromatic N) is 2. The molecule has 2 nitrogen and oxygen atoms in total. The van der Waals surface area contributed by atoms with Gasteiger partial charge in [-0.15, -0.1) is 11.8 Å². The lowest BCUT2D eigenvalue weighted by Crippen LogP contribution is -1.87. The van der Waals surface area contributed by atoms with Gasteiger partial charge >= 0.3 is 0 Å². The summed E-state index contributed by atoms with van der Waals surface area (Å²) in [6.45, 7) is 0. The molecule has 2 heterocycles. The Hall–Kier alpha value is -0.770. The largest absolute Gasteiger partial charge is 0.250 e. The van der Waals surface area contributed by atoms with Crippen LogP contribution in [0.15, 0.2) is 41.6 Å². The molecule has 0 fully saturated rings. The van der Waals surface area contributed by atoms with E-state index in [-0.39, 0.29) is 0 Å². The molecular formula is C11H8Cl2N2S. The highest BCUT2D eigenvalue weighted by molar-refractivity contribution is 7.98. The van der Waals surface area contributed by atoms with Crippen LogP contribution in [0.5, 0.6) is 0 Å². The van der Waals surface area contributed by atoms with Crippen LogP contribution in [0.1, 0.15) is 5.56 Å². The Morgan fingerprint density at radius 3 is 2.69 bits per heavy atom. The SMILES string of the molecule is Clc1ccc(CSc2ccccn2)c(Cl)n1. The van der Waals surface area contributed by atoms with Crippen LogP contribution in [0.4, 0.5) is 0 Å². The predicted octanol–water partition coefficient (Wildman–Crippen LogP) is 4.08. The van der Waals surface area contributed by atoms with Crippen LogP contribution in [0.2, 0.25) is 10.3 Å². The highest BCUT2D eigenvalue weighted by Crippen LogP contribution is 2.25. The molecule has 2 aromatic heterocycles. The number of halogens is 2. The van der Waals surface area contributed by atoms with E-state index in [9.17, 15) is 0 Å². The second kappa shape index (κ2) is 5.53. The lowest BCUT2D eigenvalue weighted by Gasteiger charge is -2.03. The minimum Gasteiger partial charge on any atom is -0.250 e. The molecule has 82 valence electrons. The summed E-state index contributed by atoms with van der Waals surface area (Å²) < 4.78 is 0. The van der Waals surface area contributed by atoms with Gasteiger partial charge in [0, 0.05) is 11.9 Å². The van der Waals surface area contributed by atoms with Crippen molar-refractivity contribution in [3.05, 3.63) is 52.4 Å². The van der Waals surface area contributed by atoms with Crippen LogP contribution in [0.3, 0.4) is 0 Å². The minimum atomic E-state index is 0.414. The van der Waals surface area contributed by atoms with Crippen LogP contribution < -0.4 is 0 Å². The molecule has 0 radical (unpaired) electrons. The summed E-state index contributed by atoms with van der Waals surface area (Å²) in [5.74, 6) is 0.736. The Morgan fingerprint density at radius 1 is 1.12 bits per heavy atom. The first-order valence-corrected chi connectivity index (χ1v) is 6.34. The van der Waals surface area contributed by atoms with Gasteiger partial charge in [0.15, 0.2) is 0 Å². The Balaban J connectivity index is 2.05. The predicted molar refractivity (Wildman–Crippen MR) is 68.1 cm³/mol. The van der Waals surface area contributed by atoms with Crippen molar-refractivity contribution >= 4 is 35.0 Å². The zero-order valence-corrected chi connectivity index (χ0v) is 10.6. The Morgan fingerprint density at radius 2 is 2.00 bits per heavy atom. The first kappa shape index (κ1) is 11.7. The number of hydrogen-bond donors (Lipinski definition) is 0. The normalized spacial score (nSPS) is 10.4. The van der Waals surface area contributed by atoms with E-state index in [0.29, 0.717) is 10.3 Å². The van der Waals surface area contributed by atoms with Gasteiger partial charge in [0.1, 0.15) is 10.3 Å². The number of pyridine rings is 2. The maximum Gasteiger partial charge on any atom is 0.134 e. The van der Waals surface area contributed by atoms with E-state index in [2.05, 4.69) is 9.97 Å². The topological polar surface area (TPSA) is 25.8 Å². The second-order valence-electron chi connectivity index (χ2n) is 3.04. The molecule has 0 spiro atoms. The molecule has 0 aliphatic rings. The van der Waals surface area contributed by atoms with Crippen molar-refractivity contribution in [3.63, 3.8) is 0 Å². The van der Waals surface area contributed by atoms with E-state index in [0.717, 1.165) is 16.3 Å². The van der Waals surface area contributed by atoms with Gasteiger partial charge in [-0.05, 0) is 23.8 Å². The summed E-state index contributed by atoms with van der Waals surface area (Å²) in [6, 6.07) is 9.43. The van der Waals surface area contributed by atoms with Gasteiger partial charge in [0.25, 0.3) is 0 Å². The molecule has 0 saturated heterocycles. The minimum absolute atomic E-state index is 0.414. The third-order valence-electron chi connectivity index (χ3n) is 1.91. The first-order valence-electron chi connectivity index (χ1n) is 4.60. The maximum absolute atomic E-state index is 5.97. The smallest absolute Gasteiger partial charge is 0.134 e. The molecular weight excluding hydrogens is 263 g/mol. The highest BCUT2D eigenvalue weighted by Gasteiger charge is 2.03. The monoisotopic (exact) mass is 270 g/mol. The maximum atomic E-state index is 5.97. The molecule has 16 heavy (non-hydrogen) atoms. The molecule has 0 aromatic carbocycles. The average Bonchev–Trinajstić information content (AvgIpc) is 2.29. The van der Waals surface area contributed by atoms with Crippen LogP contribution >= 0.6 is 35.0 Å². The summed E-state index contributed by atoms with van der Waals surface area (Å²) in [6.07, 6.45) is 1.77. The van der Waals surface area contributed by atoms with E-state index in [4.69, 9.17) is 23.2 Å². The molecule has 2 rings (SSSR count). The fourth-order valence-corrected chi connectivity index (χ4v) is 2.47. The van der Waals surface area contributed by atoms with Crippen molar-refractivity contribution in [2.75, 3.05) is 0 Å². The quantitative estimate of drug-likeness (QED) is 0.621. The van der Waals surface area contributed by atoms with Crippen LogP contribution in [-0.4, -0.2) is 9.97 Å². The standard InChI is InChI=1S/C11H8Cl2N2S/c12-9-5-4-8(11(13)15-9)7-16-10-3-1-2-6-14-10/h1-6H,7H2. The summed E-state index contributed by atoms with van der Waals surface area (Å²) in [4.78, 5) is 8.20. The summed E-state index contributed by atoms with van der Waals surface area (Å²) >= 11 is 13.3. The van der Waals surface area contributed by atoms with Crippen molar-refractivity contribution in [2.24, 2.45) is 0 Å². The van der Waals surface area contributed by atoms with E-state index < -0.39 is 0 Å². The molecule has 0 unspecified atom stereocenters. The van der Waals surface area contributed by atoms with Gasteiger partial charge in [-0.3, -0.25) is 0 Å². The molecule has 0 saturated carbocycles. The summed E-state index contributed by atoms with van der Waals surface area (Å²) in [5.41, 5.74) is 0.960. The van der Waals surface area contributed by atoms with Gasteiger partial charge in [-0.2, -0.15) is 0 Å². The van der Waals surface area contributed by atoms with E-state index >= 15 is 0 Å². The number of thioether (sulfide) groups is 1. The van der Waals surface area contributed by atoms with Crippen molar-refractivity contribution in [2.45, 2.75) is 10.8 Å². The fourth-order valence-electron chi connectivity index (χ4n) is 1.13. The molecule has 0 bridgehead atoms. The van der Waals surface area contributed by atoms with Gasteiger partial charge < -0.3 is 0 Å². The summed E-state index contributed by atoms with van der Waals surface area (Å²) in [5, 5.41) is 1.83. The highest BCUT2D eigenvalue weighted by atomic mass is 35.5. The van der Waals surface area contributed by atoms with Gasteiger partial charge in [0.05, 0.1) is 5.03 Å². The van der Waals surface area contributed by atoms with Crippen molar-refractivity contribution < 1.29 is 0 Å². The third kappa shape index (κ3) is 3.11. The van der Waals surface area contributed by atoms with Crippen molar-refractivity contribution in [3.8, 4) is 0 Å². The Kier molecular flexibility index (Phi) is 4.04. The van der Waals surface area contributed by atoms with Gasteiger partial charge in [-0.25, -0.2) is 9.97 Å². The third-order valence-corrected chi connectivity index (χ3v) is 3.44. The van der Waals surface area contributed by atoms with Gasteiger partial charge in [0.2, 0.25) is 0 Å². The zero-order valence-electron chi connectivity index (χ0n) is 8.23.